The fourth-order valence-electron chi connectivity index (χ4n) is 3.60. The van der Waals surface area contributed by atoms with E-state index in [4.69, 9.17) is 40.2 Å². The van der Waals surface area contributed by atoms with Gasteiger partial charge in [0.1, 0.15) is 11.7 Å². The van der Waals surface area contributed by atoms with Gasteiger partial charge in [-0.15, -0.1) is 0 Å². The largest absolute Gasteiger partial charge is 0.357 e. The molecular weight excluding hydrogens is 497 g/mol. The molecule has 7 nitrogen and oxygen atoms in total. The molecule has 0 radical (unpaired) electrons. The van der Waals surface area contributed by atoms with Crippen LogP contribution in [0.1, 0.15) is 39.1 Å². The lowest BCUT2D eigenvalue weighted by Gasteiger charge is -2.18. The monoisotopic (exact) mass is 515 g/mol. The molecule has 2 heterocycles. The van der Waals surface area contributed by atoms with E-state index in [0.29, 0.717) is 16.4 Å². The summed E-state index contributed by atoms with van der Waals surface area (Å²) in [5, 5.41) is 14.5. The van der Waals surface area contributed by atoms with Crippen molar-refractivity contribution >= 4 is 64.0 Å². The first-order chi connectivity index (χ1) is 16.3. The third kappa shape index (κ3) is 5.50. The Morgan fingerprint density at radius 3 is 2.18 bits per heavy atom. The summed E-state index contributed by atoms with van der Waals surface area (Å²) < 4.78 is 0. The van der Waals surface area contributed by atoms with Crippen LogP contribution in [0, 0.1) is 5.41 Å². The van der Waals surface area contributed by atoms with E-state index >= 15 is 0 Å². The lowest BCUT2D eigenvalue weighted by atomic mass is 10.1. The molecule has 0 unspecified atom stereocenters. The summed E-state index contributed by atoms with van der Waals surface area (Å²) in [6.45, 7) is 1.74. The number of carbonyl (C=O) groups is 2. The number of nitrogens with one attached hydrogen (secondary N) is 3. The minimum atomic E-state index is -0.552. The molecule has 10 heteroatoms. The topological polar surface area (TPSA) is 98.2 Å². The lowest BCUT2D eigenvalue weighted by molar-refractivity contribution is 0.102. The maximum atomic E-state index is 12.9. The number of benzene rings is 2. The zero-order valence-electron chi connectivity index (χ0n) is 17.9. The van der Waals surface area contributed by atoms with Crippen LogP contribution >= 0.6 is 34.8 Å². The van der Waals surface area contributed by atoms with Gasteiger partial charge in [-0.3, -0.25) is 15.0 Å². The van der Waals surface area contributed by atoms with Crippen LogP contribution < -0.4 is 10.6 Å². The smallest absolute Gasteiger partial charge is 0.259 e. The standard InChI is InChI=1S/C24H20Cl3N5O2/c25-16-7-8-20(29-13-16)30-24(34)18-11-17(26)12-19(27)21(18)31-23(33)15-5-3-14(4-6-15)22(28)32-9-1-2-10-32/h3-8,11-13,28H,1-2,9-10H2,(H,31,33)(H,29,30,34). The highest BCUT2D eigenvalue weighted by Crippen LogP contribution is 2.31. The average molecular weight is 517 g/mol. The van der Waals surface area contributed by atoms with E-state index < -0.39 is 11.8 Å². The van der Waals surface area contributed by atoms with Crippen LogP contribution in [0.5, 0.6) is 0 Å². The van der Waals surface area contributed by atoms with Crippen molar-refractivity contribution in [1.82, 2.24) is 9.88 Å². The molecule has 0 spiro atoms. The number of pyridine rings is 1. The molecule has 174 valence electrons. The highest BCUT2D eigenvalue weighted by molar-refractivity contribution is 6.38. The Hall–Kier alpha value is -3.13. The van der Waals surface area contributed by atoms with Gasteiger partial charge in [0.15, 0.2) is 0 Å². The number of anilines is 2. The highest BCUT2D eigenvalue weighted by atomic mass is 35.5. The van der Waals surface area contributed by atoms with Crippen LogP contribution in [0.25, 0.3) is 0 Å². The number of aromatic nitrogens is 1. The zero-order valence-corrected chi connectivity index (χ0v) is 20.1. The number of halogens is 3. The van der Waals surface area contributed by atoms with Crippen molar-refractivity contribution in [2.75, 3.05) is 23.7 Å². The highest BCUT2D eigenvalue weighted by Gasteiger charge is 2.20. The SMILES string of the molecule is N=C(c1ccc(C(=O)Nc2c(Cl)cc(Cl)cc2C(=O)Nc2ccc(Cl)cn2)cc1)N1CCCC1. The van der Waals surface area contributed by atoms with E-state index in [1.165, 1.54) is 18.3 Å². The second kappa shape index (κ2) is 10.4. The van der Waals surface area contributed by atoms with Crippen LogP contribution in [-0.4, -0.2) is 40.6 Å². The van der Waals surface area contributed by atoms with Crippen LogP contribution in [0.2, 0.25) is 15.1 Å². The third-order valence-electron chi connectivity index (χ3n) is 5.35. The molecule has 1 aliphatic heterocycles. The first-order valence-corrected chi connectivity index (χ1v) is 11.6. The molecular formula is C24H20Cl3N5O2. The summed E-state index contributed by atoms with van der Waals surface area (Å²) in [7, 11) is 0. The fraction of sp³-hybridized carbons (Fsp3) is 0.167. The molecule has 1 fully saturated rings. The average Bonchev–Trinajstić information content (AvgIpc) is 3.36. The molecule has 0 aliphatic carbocycles. The first kappa shape index (κ1) is 24.0. The number of hydrogen-bond acceptors (Lipinski definition) is 4. The van der Waals surface area contributed by atoms with Gasteiger partial charge in [-0.05, 0) is 49.2 Å². The normalized spacial score (nSPS) is 13.0. The van der Waals surface area contributed by atoms with Gasteiger partial charge < -0.3 is 15.5 Å². The minimum Gasteiger partial charge on any atom is -0.357 e. The Labute approximate surface area is 211 Å². The summed E-state index contributed by atoms with van der Waals surface area (Å²) in [6.07, 6.45) is 3.56. The molecule has 3 N–H and O–H groups in total. The van der Waals surface area contributed by atoms with Crippen molar-refractivity contribution in [2.45, 2.75) is 12.8 Å². The van der Waals surface area contributed by atoms with Gasteiger partial charge in [0.05, 0.1) is 21.3 Å². The second-order valence-electron chi connectivity index (χ2n) is 7.70. The zero-order chi connectivity index (χ0) is 24.2. The van der Waals surface area contributed by atoms with Crippen LogP contribution in [0.4, 0.5) is 11.5 Å². The van der Waals surface area contributed by atoms with Gasteiger partial charge in [0.2, 0.25) is 0 Å². The number of nitrogens with zero attached hydrogens (tertiary/aromatic N) is 2. The summed E-state index contributed by atoms with van der Waals surface area (Å²) in [5.74, 6) is -0.287. The molecule has 2 aromatic carbocycles. The van der Waals surface area contributed by atoms with Gasteiger partial charge >= 0.3 is 0 Å². The van der Waals surface area contributed by atoms with E-state index in [1.807, 2.05) is 4.90 Å². The van der Waals surface area contributed by atoms with Crippen molar-refractivity contribution in [2.24, 2.45) is 0 Å². The van der Waals surface area contributed by atoms with Gasteiger partial charge in [-0.2, -0.15) is 0 Å². The molecule has 0 saturated carbocycles. The fourth-order valence-corrected chi connectivity index (χ4v) is 4.25. The number of amides is 2. The Kier molecular flexibility index (Phi) is 7.36. The molecule has 1 aromatic heterocycles. The van der Waals surface area contributed by atoms with Crippen LogP contribution in [0.3, 0.4) is 0 Å². The predicted molar refractivity (Wildman–Crippen MR) is 136 cm³/mol. The number of hydrogen-bond donors (Lipinski definition) is 3. The van der Waals surface area contributed by atoms with Gasteiger partial charge in [-0.25, -0.2) is 4.98 Å². The van der Waals surface area contributed by atoms with Gasteiger partial charge in [0.25, 0.3) is 11.8 Å². The first-order valence-electron chi connectivity index (χ1n) is 10.5. The summed E-state index contributed by atoms with van der Waals surface area (Å²) in [4.78, 5) is 31.9. The minimum absolute atomic E-state index is 0.0787. The predicted octanol–water partition coefficient (Wildman–Crippen LogP) is 5.97. The molecule has 0 bridgehead atoms. The lowest BCUT2D eigenvalue weighted by Crippen LogP contribution is -2.27. The molecule has 4 rings (SSSR count). The van der Waals surface area contributed by atoms with Crippen LogP contribution in [-0.2, 0) is 0 Å². The van der Waals surface area contributed by atoms with E-state index in [0.717, 1.165) is 31.5 Å². The quantitative estimate of drug-likeness (QED) is 0.287. The number of rotatable bonds is 5. The third-order valence-corrected chi connectivity index (χ3v) is 6.09. The molecule has 0 atom stereocenters. The molecule has 3 aromatic rings. The number of amidine groups is 1. The van der Waals surface area contributed by atoms with Gasteiger partial charge in [0, 0.05) is 35.4 Å². The maximum Gasteiger partial charge on any atom is 0.259 e. The Balaban J connectivity index is 1.53. The van der Waals surface area contributed by atoms with Crippen LogP contribution in [0.15, 0.2) is 54.7 Å². The Morgan fingerprint density at radius 1 is 0.853 bits per heavy atom. The Morgan fingerprint density at radius 2 is 1.53 bits per heavy atom. The molecule has 1 aliphatic rings. The summed E-state index contributed by atoms with van der Waals surface area (Å²) in [5.41, 5.74) is 1.29. The van der Waals surface area contributed by atoms with Crippen molar-refractivity contribution < 1.29 is 9.59 Å². The van der Waals surface area contributed by atoms with E-state index in [1.54, 1.807) is 36.4 Å². The number of carbonyl (C=O) groups excluding carboxylic acids is 2. The summed E-state index contributed by atoms with van der Waals surface area (Å²) in [6, 6.07) is 12.7. The Bertz CT molecular complexity index is 1240. The van der Waals surface area contributed by atoms with Crippen molar-refractivity contribution in [3.8, 4) is 0 Å². The van der Waals surface area contributed by atoms with E-state index in [9.17, 15) is 9.59 Å². The van der Waals surface area contributed by atoms with E-state index in [-0.39, 0.29) is 27.1 Å². The molecule has 2 amide bonds. The number of likely N-dealkylation sites (tertiary alicyclic amines) is 1. The maximum absolute atomic E-state index is 12.9. The molecule has 34 heavy (non-hydrogen) atoms. The molecule has 1 saturated heterocycles. The summed E-state index contributed by atoms with van der Waals surface area (Å²) >= 11 is 18.3. The van der Waals surface area contributed by atoms with Crippen molar-refractivity contribution in [3.63, 3.8) is 0 Å². The van der Waals surface area contributed by atoms with Gasteiger partial charge in [-0.1, -0.05) is 46.9 Å². The van der Waals surface area contributed by atoms with E-state index in [2.05, 4.69) is 15.6 Å². The second-order valence-corrected chi connectivity index (χ2v) is 8.98. The van der Waals surface area contributed by atoms with Crippen molar-refractivity contribution in [1.29, 1.82) is 5.41 Å². The van der Waals surface area contributed by atoms with Crippen molar-refractivity contribution in [3.05, 3.63) is 86.5 Å².